The van der Waals surface area contributed by atoms with Gasteiger partial charge >= 0.3 is 5.97 Å². The van der Waals surface area contributed by atoms with Gasteiger partial charge in [-0.2, -0.15) is 4.31 Å². The maximum atomic E-state index is 12.7. The summed E-state index contributed by atoms with van der Waals surface area (Å²) in [7, 11) is -3.68. The summed E-state index contributed by atoms with van der Waals surface area (Å²) in [6.45, 7) is 4.07. The summed E-state index contributed by atoms with van der Waals surface area (Å²) in [5.41, 5.74) is 0. The lowest BCUT2D eigenvalue weighted by Gasteiger charge is -2.27. The minimum Gasteiger partial charge on any atom is -0.481 e. The number of ether oxygens (including phenoxy) is 1. The van der Waals surface area contributed by atoms with Crippen molar-refractivity contribution in [2.45, 2.75) is 30.5 Å². The van der Waals surface area contributed by atoms with E-state index in [2.05, 4.69) is 0 Å². The zero-order valence-corrected chi connectivity index (χ0v) is 13.6. The van der Waals surface area contributed by atoms with Gasteiger partial charge in [0, 0.05) is 11.4 Å². The molecule has 0 spiro atoms. The molecule has 1 aliphatic heterocycles. The molecule has 0 aromatic carbocycles. The van der Waals surface area contributed by atoms with Crippen molar-refractivity contribution >= 4 is 27.3 Å². The Morgan fingerprint density at radius 1 is 1.43 bits per heavy atom. The number of sulfonamides is 1. The molecule has 0 saturated carbocycles. The molecule has 2 heterocycles. The van der Waals surface area contributed by atoms with Gasteiger partial charge in [-0.15, -0.1) is 11.3 Å². The van der Waals surface area contributed by atoms with Crippen LogP contribution in [0.2, 0.25) is 0 Å². The van der Waals surface area contributed by atoms with Gasteiger partial charge in [-0.1, -0.05) is 13.8 Å². The van der Waals surface area contributed by atoms with E-state index in [9.17, 15) is 18.3 Å². The first-order valence-electron chi connectivity index (χ1n) is 6.82. The average molecular weight is 333 g/mol. The number of carboxylic acid groups (broad SMARTS) is 1. The van der Waals surface area contributed by atoms with E-state index in [4.69, 9.17) is 4.74 Å². The third kappa shape index (κ3) is 3.13. The molecular formula is C13H19NO5S2. The van der Waals surface area contributed by atoms with Gasteiger partial charge in [-0.3, -0.25) is 4.79 Å². The van der Waals surface area contributed by atoms with Crippen LogP contribution in [0, 0.1) is 5.92 Å². The molecule has 2 atom stereocenters. The van der Waals surface area contributed by atoms with E-state index in [-0.39, 0.29) is 24.0 Å². The first-order chi connectivity index (χ1) is 9.91. The van der Waals surface area contributed by atoms with Crippen molar-refractivity contribution in [3.63, 3.8) is 0 Å². The summed E-state index contributed by atoms with van der Waals surface area (Å²) in [6.07, 6.45) is 0.774. The number of thiophene rings is 1. The summed E-state index contributed by atoms with van der Waals surface area (Å²) in [4.78, 5) is 12.2. The number of likely N-dealkylation sites (N-methyl/N-ethyl adjacent to an activating group) is 1. The fourth-order valence-electron chi connectivity index (χ4n) is 2.45. The van der Waals surface area contributed by atoms with Crippen LogP contribution in [-0.2, 0) is 26.0 Å². The zero-order chi connectivity index (χ0) is 15.6. The van der Waals surface area contributed by atoms with Crippen LogP contribution in [0.4, 0.5) is 0 Å². The Morgan fingerprint density at radius 3 is 2.67 bits per heavy atom. The lowest BCUT2D eigenvalue weighted by atomic mass is 10.0. The average Bonchev–Trinajstić information content (AvgIpc) is 3.08. The van der Waals surface area contributed by atoms with E-state index in [1.54, 1.807) is 19.1 Å². The normalized spacial score (nSPS) is 22.8. The Bertz CT molecular complexity index is 610. The first-order valence-corrected chi connectivity index (χ1v) is 9.08. The second-order valence-electron chi connectivity index (χ2n) is 4.83. The molecule has 0 bridgehead atoms. The SMILES string of the molecule is CCc1ccc(S(=O)(=O)N(CC)C2COCC2C(=O)O)s1. The number of hydrogen-bond donors (Lipinski definition) is 1. The second-order valence-corrected chi connectivity index (χ2v) is 8.12. The lowest BCUT2D eigenvalue weighted by Crippen LogP contribution is -2.46. The minimum absolute atomic E-state index is 0.0523. The summed E-state index contributed by atoms with van der Waals surface area (Å²) in [5.74, 6) is -1.84. The number of rotatable bonds is 6. The predicted octanol–water partition coefficient (Wildman–Crippen LogP) is 1.42. The van der Waals surface area contributed by atoms with Crippen LogP contribution in [0.3, 0.4) is 0 Å². The van der Waals surface area contributed by atoms with Crippen LogP contribution in [0.1, 0.15) is 18.7 Å². The molecule has 0 radical (unpaired) electrons. The highest BCUT2D eigenvalue weighted by Crippen LogP contribution is 2.30. The number of hydrogen-bond acceptors (Lipinski definition) is 5. The quantitative estimate of drug-likeness (QED) is 0.851. The highest BCUT2D eigenvalue weighted by Gasteiger charge is 2.42. The van der Waals surface area contributed by atoms with Gasteiger partial charge in [-0.05, 0) is 18.6 Å². The molecule has 1 N–H and O–H groups in total. The fourth-order valence-corrected chi connectivity index (χ4v) is 5.53. The standard InChI is InChI=1S/C13H19NO5S2/c1-3-9-5-6-12(20-9)21(17,18)14(4-2)11-8-19-7-10(11)13(15)16/h5-6,10-11H,3-4,7-8H2,1-2H3,(H,15,16). The van der Waals surface area contributed by atoms with Crippen LogP contribution < -0.4 is 0 Å². The predicted molar refractivity (Wildman–Crippen MR) is 79.0 cm³/mol. The van der Waals surface area contributed by atoms with Gasteiger partial charge < -0.3 is 9.84 Å². The Morgan fingerprint density at radius 2 is 2.14 bits per heavy atom. The van der Waals surface area contributed by atoms with Crippen LogP contribution in [0.5, 0.6) is 0 Å². The van der Waals surface area contributed by atoms with E-state index < -0.39 is 28.0 Å². The molecule has 1 aromatic heterocycles. The van der Waals surface area contributed by atoms with Crippen molar-refractivity contribution in [3.8, 4) is 0 Å². The maximum absolute atomic E-state index is 12.7. The van der Waals surface area contributed by atoms with Crippen molar-refractivity contribution in [2.75, 3.05) is 19.8 Å². The third-order valence-corrected chi connectivity index (χ3v) is 7.29. The Balaban J connectivity index is 2.33. The number of carboxylic acids is 1. The Labute approximate surface area is 128 Å². The summed E-state index contributed by atoms with van der Waals surface area (Å²) in [5, 5.41) is 9.21. The highest BCUT2D eigenvalue weighted by molar-refractivity contribution is 7.91. The van der Waals surface area contributed by atoms with Gasteiger partial charge in [-0.25, -0.2) is 8.42 Å². The lowest BCUT2D eigenvalue weighted by molar-refractivity contribution is -0.142. The maximum Gasteiger partial charge on any atom is 0.310 e. The smallest absolute Gasteiger partial charge is 0.310 e. The van der Waals surface area contributed by atoms with E-state index in [1.165, 1.54) is 15.6 Å². The van der Waals surface area contributed by atoms with Crippen molar-refractivity contribution in [3.05, 3.63) is 17.0 Å². The molecular weight excluding hydrogens is 314 g/mol. The topological polar surface area (TPSA) is 83.9 Å². The molecule has 8 heteroatoms. The summed E-state index contributed by atoms with van der Waals surface area (Å²) < 4.78 is 32.2. The summed E-state index contributed by atoms with van der Waals surface area (Å²) >= 11 is 1.23. The second kappa shape index (κ2) is 6.43. The van der Waals surface area contributed by atoms with Crippen molar-refractivity contribution in [1.82, 2.24) is 4.31 Å². The molecule has 21 heavy (non-hydrogen) atoms. The molecule has 1 fully saturated rings. The van der Waals surface area contributed by atoms with Crippen molar-refractivity contribution in [1.29, 1.82) is 0 Å². The van der Waals surface area contributed by atoms with Crippen LogP contribution in [-0.4, -0.2) is 49.6 Å². The van der Waals surface area contributed by atoms with E-state index >= 15 is 0 Å². The van der Waals surface area contributed by atoms with Gasteiger partial charge in [0.15, 0.2) is 0 Å². The molecule has 2 rings (SSSR count). The molecule has 1 saturated heterocycles. The van der Waals surface area contributed by atoms with Crippen molar-refractivity contribution < 1.29 is 23.1 Å². The molecule has 0 amide bonds. The first kappa shape index (κ1) is 16.4. The molecule has 6 nitrogen and oxygen atoms in total. The number of aryl methyl sites for hydroxylation is 1. The number of nitrogens with zero attached hydrogens (tertiary/aromatic N) is 1. The molecule has 0 aliphatic carbocycles. The minimum atomic E-state index is -3.68. The molecule has 2 unspecified atom stereocenters. The van der Waals surface area contributed by atoms with E-state index in [0.717, 1.165) is 11.3 Å². The zero-order valence-electron chi connectivity index (χ0n) is 12.0. The van der Waals surface area contributed by atoms with E-state index in [0.29, 0.717) is 0 Å². The van der Waals surface area contributed by atoms with Crippen molar-refractivity contribution in [2.24, 2.45) is 5.92 Å². The Hall–Kier alpha value is -0.960. The summed E-state index contributed by atoms with van der Waals surface area (Å²) in [6, 6.07) is 2.74. The van der Waals surface area contributed by atoms with Gasteiger partial charge in [0.2, 0.25) is 0 Å². The largest absolute Gasteiger partial charge is 0.481 e. The van der Waals surface area contributed by atoms with Crippen LogP contribution >= 0.6 is 11.3 Å². The van der Waals surface area contributed by atoms with Gasteiger partial charge in [0.1, 0.15) is 4.21 Å². The molecule has 118 valence electrons. The number of aliphatic carboxylic acids is 1. The number of carbonyl (C=O) groups is 1. The fraction of sp³-hybridized carbons (Fsp3) is 0.615. The molecule has 1 aromatic rings. The van der Waals surface area contributed by atoms with E-state index in [1.807, 2.05) is 6.92 Å². The third-order valence-electron chi connectivity index (χ3n) is 3.60. The van der Waals surface area contributed by atoms with Crippen LogP contribution in [0.25, 0.3) is 0 Å². The monoisotopic (exact) mass is 333 g/mol. The Kier molecular flexibility index (Phi) is 5.03. The van der Waals surface area contributed by atoms with Gasteiger partial charge in [0.25, 0.3) is 10.0 Å². The molecule has 1 aliphatic rings. The van der Waals surface area contributed by atoms with Crippen LogP contribution in [0.15, 0.2) is 16.3 Å². The highest BCUT2D eigenvalue weighted by atomic mass is 32.2. The van der Waals surface area contributed by atoms with Gasteiger partial charge in [0.05, 0.1) is 25.2 Å².